The lowest BCUT2D eigenvalue weighted by molar-refractivity contribution is -0.0265. The number of aromatic amines is 3. The lowest BCUT2D eigenvalue weighted by Gasteiger charge is -2.31. The molecule has 3 N–H and O–H groups in total. The van der Waals surface area contributed by atoms with E-state index in [0.29, 0.717) is 19.0 Å². The molecule has 1 fully saturated rings. The summed E-state index contributed by atoms with van der Waals surface area (Å²) in [6.45, 7) is 2.87. The molecule has 0 aliphatic carbocycles. The van der Waals surface area contributed by atoms with Crippen LogP contribution in [0.2, 0.25) is 0 Å². The first-order valence-corrected chi connectivity index (χ1v) is 6.79. The van der Waals surface area contributed by atoms with Crippen LogP contribution in [-0.2, 0) is 4.74 Å². The molecule has 1 aliphatic rings. The average molecular weight is 305 g/mol. The van der Waals surface area contributed by atoms with Crippen molar-refractivity contribution in [2.75, 3.05) is 19.7 Å². The standard InChI is InChI=1S/C13H15N5O4/c1-7-4-14-10(16-7)9-6-18(2-3-22-9)12(20)8-5-15-13(21)17-11(8)19/h4-5,9H,2-3,6H2,1H3,(H,14,16)(H2,15,17,19,21). The summed E-state index contributed by atoms with van der Waals surface area (Å²) in [6, 6.07) is 0. The number of carbonyl (C=O) groups is 1. The van der Waals surface area contributed by atoms with Gasteiger partial charge in [0, 0.05) is 24.6 Å². The van der Waals surface area contributed by atoms with Gasteiger partial charge in [0.1, 0.15) is 17.5 Å². The highest BCUT2D eigenvalue weighted by Gasteiger charge is 2.28. The number of imidazole rings is 1. The molecule has 0 aromatic carbocycles. The number of rotatable bonds is 2. The summed E-state index contributed by atoms with van der Waals surface area (Å²) in [6.07, 6.45) is 2.45. The van der Waals surface area contributed by atoms with Crippen LogP contribution in [0.15, 0.2) is 22.0 Å². The van der Waals surface area contributed by atoms with Gasteiger partial charge in [-0.1, -0.05) is 0 Å². The van der Waals surface area contributed by atoms with Gasteiger partial charge in [-0.25, -0.2) is 9.78 Å². The monoisotopic (exact) mass is 305 g/mol. The highest BCUT2D eigenvalue weighted by molar-refractivity contribution is 5.93. The molecule has 1 aliphatic heterocycles. The Kier molecular flexibility index (Phi) is 3.63. The van der Waals surface area contributed by atoms with Crippen LogP contribution in [0, 0.1) is 6.92 Å². The second-order valence-corrected chi connectivity index (χ2v) is 5.05. The second-order valence-electron chi connectivity index (χ2n) is 5.05. The van der Waals surface area contributed by atoms with E-state index in [0.717, 1.165) is 11.9 Å². The minimum Gasteiger partial charge on any atom is -0.367 e. The number of aryl methyl sites for hydroxylation is 1. The second kappa shape index (κ2) is 5.60. The number of ether oxygens (including phenoxy) is 1. The number of aromatic nitrogens is 4. The fourth-order valence-electron chi connectivity index (χ4n) is 2.33. The van der Waals surface area contributed by atoms with Gasteiger partial charge in [-0.3, -0.25) is 14.6 Å². The molecule has 0 saturated carbocycles. The molecule has 9 heteroatoms. The van der Waals surface area contributed by atoms with E-state index in [1.54, 1.807) is 6.20 Å². The minimum atomic E-state index is -0.703. The number of hydrogen-bond acceptors (Lipinski definition) is 5. The maximum atomic E-state index is 12.4. The number of H-pyrrole nitrogens is 3. The zero-order chi connectivity index (χ0) is 15.7. The molecule has 1 amide bonds. The molecule has 3 rings (SSSR count). The van der Waals surface area contributed by atoms with Crippen LogP contribution in [0.3, 0.4) is 0 Å². The van der Waals surface area contributed by atoms with Crippen molar-refractivity contribution in [1.82, 2.24) is 24.8 Å². The third-order valence-electron chi connectivity index (χ3n) is 3.43. The van der Waals surface area contributed by atoms with E-state index in [2.05, 4.69) is 15.0 Å². The Morgan fingerprint density at radius 3 is 2.91 bits per heavy atom. The third kappa shape index (κ3) is 2.70. The molecule has 0 radical (unpaired) electrons. The molecule has 3 heterocycles. The molecule has 0 bridgehead atoms. The number of nitrogens with zero attached hydrogens (tertiary/aromatic N) is 2. The molecule has 2 aromatic heterocycles. The topological polar surface area (TPSA) is 124 Å². The van der Waals surface area contributed by atoms with Crippen LogP contribution in [-0.4, -0.2) is 50.4 Å². The number of morpholine rings is 1. The van der Waals surface area contributed by atoms with Gasteiger partial charge in [0.05, 0.1) is 13.2 Å². The van der Waals surface area contributed by atoms with Crippen LogP contribution < -0.4 is 11.2 Å². The van der Waals surface area contributed by atoms with Crippen molar-refractivity contribution in [2.45, 2.75) is 13.0 Å². The fourth-order valence-corrected chi connectivity index (χ4v) is 2.33. The largest absolute Gasteiger partial charge is 0.367 e. The molecule has 116 valence electrons. The van der Waals surface area contributed by atoms with E-state index < -0.39 is 17.2 Å². The van der Waals surface area contributed by atoms with Crippen molar-refractivity contribution < 1.29 is 9.53 Å². The van der Waals surface area contributed by atoms with Gasteiger partial charge in [-0.15, -0.1) is 0 Å². The Hall–Kier alpha value is -2.68. The summed E-state index contributed by atoms with van der Waals surface area (Å²) in [5, 5.41) is 0. The summed E-state index contributed by atoms with van der Waals surface area (Å²) in [5.41, 5.74) is -0.548. The molecule has 2 aromatic rings. The third-order valence-corrected chi connectivity index (χ3v) is 3.43. The van der Waals surface area contributed by atoms with E-state index in [1.807, 2.05) is 11.9 Å². The maximum absolute atomic E-state index is 12.4. The molecule has 1 saturated heterocycles. The molecule has 1 atom stereocenters. The Balaban J connectivity index is 1.81. The Morgan fingerprint density at radius 2 is 2.23 bits per heavy atom. The van der Waals surface area contributed by atoms with E-state index in [-0.39, 0.29) is 18.2 Å². The molecule has 22 heavy (non-hydrogen) atoms. The predicted molar refractivity (Wildman–Crippen MR) is 75.6 cm³/mol. The lowest BCUT2D eigenvalue weighted by atomic mass is 10.2. The number of hydrogen-bond donors (Lipinski definition) is 3. The number of amides is 1. The van der Waals surface area contributed by atoms with Crippen LogP contribution >= 0.6 is 0 Å². The van der Waals surface area contributed by atoms with Crippen molar-refractivity contribution in [1.29, 1.82) is 0 Å². The molecular weight excluding hydrogens is 290 g/mol. The van der Waals surface area contributed by atoms with Crippen LogP contribution in [0.5, 0.6) is 0 Å². The van der Waals surface area contributed by atoms with Crippen molar-refractivity contribution in [3.8, 4) is 0 Å². The summed E-state index contributed by atoms with van der Waals surface area (Å²) < 4.78 is 5.61. The van der Waals surface area contributed by atoms with E-state index in [9.17, 15) is 14.4 Å². The van der Waals surface area contributed by atoms with Gasteiger partial charge < -0.3 is 19.6 Å². The maximum Gasteiger partial charge on any atom is 0.325 e. The predicted octanol–water partition coefficient (Wildman–Crippen LogP) is -0.692. The van der Waals surface area contributed by atoms with Crippen LogP contribution in [0.1, 0.15) is 28.0 Å². The molecule has 1 unspecified atom stereocenters. The highest BCUT2D eigenvalue weighted by Crippen LogP contribution is 2.20. The lowest BCUT2D eigenvalue weighted by Crippen LogP contribution is -2.44. The number of nitrogens with one attached hydrogen (secondary N) is 3. The first-order chi connectivity index (χ1) is 10.5. The summed E-state index contributed by atoms with van der Waals surface area (Å²) >= 11 is 0. The zero-order valence-electron chi connectivity index (χ0n) is 11.9. The van der Waals surface area contributed by atoms with Crippen LogP contribution in [0.25, 0.3) is 0 Å². The van der Waals surface area contributed by atoms with Gasteiger partial charge >= 0.3 is 5.69 Å². The van der Waals surface area contributed by atoms with Gasteiger partial charge in [0.2, 0.25) is 0 Å². The fraction of sp³-hybridized carbons (Fsp3) is 0.385. The van der Waals surface area contributed by atoms with E-state index in [4.69, 9.17) is 4.74 Å². The molecule has 9 nitrogen and oxygen atoms in total. The summed E-state index contributed by atoms with van der Waals surface area (Å²) in [4.78, 5) is 48.3. The van der Waals surface area contributed by atoms with Crippen molar-refractivity contribution in [3.63, 3.8) is 0 Å². The van der Waals surface area contributed by atoms with Crippen molar-refractivity contribution >= 4 is 5.91 Å². The summed E-state index contributed by atoms with van der Waals surface area (Å²) in [7, 11) is 0. The Bertz CT molecular complexity index is 805. The smallest absolute Gasteiger partial charge is 0.325 e. The SMILES string of the molecule is Cc1cnc(C2CN(C(=O)c3c[nH]c(=O)[nH]c3=O)CCO2)[nH]1. The first-order valence-electron chi connectivity index (χ1n) is 6.79. The van der Waals surface area contributed by atoms with Gasteiger partial charge in [-0.05, 0) is 6.92 Å². The van der Waals surface area contributed by atoms with E-state index >= 15 is 0 Å². The van der Waals surface area contributed by atoms with Gasteiger partial charge in [0.25, 0.3) is 11.5 Å². The quantitative estimate of drug-likeness (QED) is 0.677. The zero-order valence-corrected chi connectivity index (χ0v) is 11.9. The van der Waals surface area contributed by atoms with E-state index in [1.165, 1.54) is 4.90 Å². The van der Waals surface area contributed by atoms with Crippen molar-refractivity contribution in [3.05, 3.63) is 50.3 Å². The molecular formula is C13H15N5O4. The Labute approximate surface area is 124 Å². The Morgan fingerprint density at radius 1 is 1.41 bits per heavy atom. The number of carbonyl (C=O) groups excluding carboxylic acids is 1. The van der Waals surface area contributed by atoms with Crippen LogP contribution in [0.4, 0.5) is 0 Å². The molecule has 0 spiro atoms. The van der Waals surface area contributed by atoms with Gasteiger partial charge in [-0.2, -0.15) is 0 Å². The highest BCUT2D eigenvalue weighted by atomic mass is 16.5. The van der Waals surface area contributed by atoms with Crippen molar-refractivity contribution in [2.24, 2.45) is 0 Å². The first kappa shape index (κ1) is 14.3. The normalized spacial score (nSPS) is 18.4. The van der Waals surface area contributed by atoms with Gasteiger partial charge in [0.15, 0.2) is 0 Å². The summed E-state index contributed by atoms with van der Waals surface area (Å²) in [5.74, 6) is 0.194. The minimum absolute atomic E-state index is 0.101. The average Bonchev–Trinajstić information content (AvgIpc) is 2.93.